The molecule has 0 aliphatic heterocycles. The van der Waals surface area contributed by atoms with Crippen molar-refractivity contribution in [2.24, 2.45) is 0 Å². The Morgan fingerprint density at radius 1 is 1.29 bits per heavy atom. The molecule has 0 saturated heterocycles. The molecule has 0 amide bonds. The molecule has 0 saturated carbocycles. The number of hydrogen-bond donors (Lipinski definition) is 0. The highest BCUT2D eigenvalue weighted by atomic mass is 79.9. The lowest BCUT2D eigenvalue weighted by Crippen LogP contribution is -1.94. The van der Waals surface area contributed by atoms with E-state index in [0.29, 0.717) is 0 Å². The fourth-order valence-electron chi connectivity index (χ4n) is 1.30. The van der Waals surface area contributed by atoms with Crippen LogP contribution in [0.25, 0.3) is 0 Å². The molecule has 2 nitrogen and oxygen atoms in total. The molecule has 0 unspecified atom stereocenters. The first kappa shape index (κ1) is 12.9. The second-order valence-corrected chi connectivity index (χ2v) is 5.70. The zero-order chi connectivity index (χ0) is 12.3. The van der Waals surface area contributed by atoms with Gasteiger partial charge in [-0.2, -0.15) is 0 Å². The van der Waals surface area contributed by atoms with E-state index in [0.717, 1.165) is 31.8 Å². The first-order chi connectivity index (χ1) is 8.17. The highest BCUT2D eigenvalue weighted by Crippen LogP contribution is 2.29. The quantitative estimate of drug-likeness (QED) is 0.769. The van der Waals surface area contributed by atoms with Crippen LogP contribution in [0.5, 0.6) is 0 Å². The Morgan fingerprint density at radius 3 is 2.82 bits per heavy atom. The van der Waals surface area contributed by atoms with Gasteiger partial charge in [0.15, 0.2) is 0 Å². The van der Waals surface area contributed by atoms with E-state index in [1.807, 2.05) is 37.3 Å². The van der Waals surface area contributed by atoms with Gasteiger partial charge in [-0.3, -0.25) is 0 Å². The number of aromatic nitrogens is 2. The molecule has 0 aliphatic carbocycles. The second-order valence-electron chi connectivity index (χ2n) is 3.36. The molecule has 88 valence electrons. The maximum atomic E-state index is 5.95. The van der Waals surface area contributed by atoms with Crippen molar-refractivity contribution >= 4 is 39.3 Å². The van der Waals surface area contributed by atoms with Gasteiger partial charge in [-0.15, -0.1) is 0 Å². The van der Waals surface area contributed by atoms with Crippen molar-refractivity contribution in [2.45, 2.75) is 23.3 Å². The predicted molar refractivity (Wildman–Crippen MR) is 74.7 cm³/mol. The van der Waals surface area contributed by atoms with Gasteiger partial charge in [-0.05, 0) is 34.1 Å². The monoisotopic (exact) mass is 328 g/mol. The molecule has 0 N–H and O–H groups in total. The summed E-state index contributed by atoms with van der Waals surface area (Å²) in [5, 5.41) is 1.66. The minimum absolute atomic E-state index is 0.735. The van der Waals surface area contributed by atoms with E-state index in [9.17, 15) is 0 Å². The normalized spacial score (nSPS) is 10.5. The van der Waals surface area contributed by atoms with E-state index < -0.39 is 0 Å². The predicted octanol–water partition coefficient (Wildman–Crippen LogP) is 4.61. The van der Waals surface area contributed by atoms with Gasteiger partial charge in [0.25, 0.3) is 0 Å². The van der Waals surface area contributed by atoms with Crippen LogP contribution < -0.4 is 0 Å². The van der Waals surface area contributed by atoms with Crippen molar-refractivity contribution in [2.75, 3.05) is 0 Å². The molecule has 2 aromatic rings. The Kier molecular flexibility index (Phi) is 4.42. The lowest BCUT2D eigenvalue weighted by molar-refractivity contribution is 0.877. The van der Waals surface area contributed by atoms with E-state index >= 15 is 0 Å². The third-order valence-electron chi connectivity index (χ3n) is 2.05. The van der Waals surface area contributed by atoms with Crippen molar-refractivity contribution in [3.05, 3.63) is 45.8 Å². The molecule has 0 bridgehead atoms. The zero-order valence-electron chi connectivity index (χ0n) is 9.15. The molecule has 5 heteroatoms. The van der Waals surface area contributed by atoms with Crippen LogP contribution >= 0.6 is 39.3 Å². The van der Waals surface area contributed by atoms with Crippen LogP contribution in [-0.2, 0) is 6.42 Å². The summed E-state index contributed by atoms with van der Waals surface area (Å²) in [5.41, 5.74) is 0. The van der Waals surface area contributed by atoms with Gasteiger partial charge in [-0.1, -0.05) is 36.4 Å². The van der Waals surface area contributed by atoms with Gasteiger partial charge in [0.1, 0.15) is 15.5 Å². The minimum atomic E-state index is 0.735. The van der Waals surface area contributed by atoms with Crippen molar-refractivity contribution in [1.29, 1.82) is 0 Å². The van der Waals surface area contributed by atoms with E-state index in [1.165, 1.54) is 0 Å². The molecule has 0 fully saturated rings. The largest absolute Gasteiger partial charge is 0.226 e. The van der Waals surface area contributed by atoms with Crippen LogP contribution in [0.4, 0.5) is 0 Å². The first-order valence-electron chi connectivity index (χ1n) is 5.14. The third-order valence-corrected chi connectivity index (χ3v) is 3.60. The first-order valence-corrected chi connectivity index (χ1v) is 7.13. The Morgan fingerprint density at radius 2 is 2.12 bits per heavy atom. The summed E-state index contributed by atoms with van der Waals surface area (Å²) in [6.45, 7) is 2.04. The number of aryl methyl sites for hydroxylation is 1. The number of rotatable bonds is 3. The number of benzene rings is 1. The maximum Gasteiger partial charge on any atom is 0.130 e. The Bertz CT molecular complexity index is 534. The Labute approximate surface area is 118 Å². The zero-order valence-corrected chi connectivity index (χ0v) is 12.3. The molecule has 1 aromatic carbocycles. The number of hydrogen-bond acceptors (Lipinski definition) is 3. The van der Waals surface area contributed by atoms with E-state index in [4.69, 9.17) is 11.6 Å². The fraction of sp³-hybridized carbons (Fsp3) is 0.167. The van der Waals surface area contributed by atoms with Crippen LogP contribution in [-0.4, -0.2) is 9.97 Å². The standard InChI is InChI=1S/C12H10BrClN2S/c1-2-11-15-10(13)7-12(16-11)17-9-5-3-4-8(14)6-9/h3-7H,2H2,1H3. The Hall–Kier alpha value is -0.580. The molecule has 0 radical (unpaired) electrons. The summed E-state index contributed by atoms with van der Waals surface area (Å²) in [5.74, 6) is 0.837. The maximum absolute atomic E-state index is 5.95. The van der Waals surface area contributed by atoms with Gasteiger partial charge in [0.2, 0.25) is 0 Å². The highest BCUT2D eigenvalue weighted by molar-refractivity contribution is 9.10. The molecule has 17 heavy (non-hydrogen) atoms. The lowest BCUT2D eigenvalue weighted by atomic mass is 10.4. The molecular weight excluding hydrogens is 320 g/mol. The molecule has 1 aromatic heterocycles. The smallest absolute Gasteiger partial charge is 0.130 e. The van der Waals surface area contributed by atoms with Crippen LogP contribution in [0.15, 0.2) is 44.9 Å². The SMILES string of the molecule is CCc1nc(Br)cc(Sc2cccc(Cl)c2)n1. The molecule has 0 aliphatic rings. The van der Waals surface area contributed by atoms with Crippen LogP contribution in [0, 0.1) is 0 Å². The number of nitrogens with zero attached hydrogens (tertiary/aromatic N) is 2. The minimum Gasteiger partial charge on any atom is -0.226 e. The van der Waals surface area contributed by atoms with Crippen molar-refractivity contribution in [1.82, 2.24) is 9.97 Å². The van der Waals surface area contributed by atoms with Gasteiger partial charge in [-0.25, -0.2) is 9.97 Å². The van der Waals surface area contributed by atoms with Crippen LogP contribution in [0.2, 0.25) is 5.02 Å². The molecule has 0 atom stereocenters. The van der Waals surface area contributed by atoms with E-state index in [-0.39, 0.29) is 0 Å². The highest BCUT2D eigenvalue weighted by Gasteiger charge is 2.04. The lowest BCUT2D eigenvalue weighted by Gasteiger charge is -2.04. The average Bonchev–Trinajstić information content (AvgIpc) is 2.28. The topological polar surface area (TPSA) is 25.8 Å². The van der Waals surface area contributed by atoms with Crippen LogP contribution in [0.1, 0.15) is 12.7 Å². The van der Waals surface area contributed by atoms with Crippen LogP contribution in [0.3, 0.4) is 0 Å². The van der Waals surface area contributed by atoms with Gasteiger partial charge in [0, 0.05) is 22.4 Å². The summed E-state index contributed by atoms with van der Waals surface area (Å²) < 4.78 is 0.814. The molecule has 1 heterocycles. The summed E-state index contributed by atoms with van der Waals surface area (Å²) in [4.78, 5) is 9.81. The summed E-state index contributed by atoms with van der Waals surface area (Å²) >= 11 is 10.9. The fourth-order valence-corrected chi connectivity index (χ4v) is 3.03. The third kappa shape index (κ3) is 3.69. The van der Waals surface area contributed by atoms with E-state index in [1.54, 1.807) is 11.8 Å². The van der Waals surface area contributed by atoms with E-state index in [2.05, 4.69) is 25.9 Å². The summed E-state index contributed by atoms with van der Waals surface area (Å²) in [7, 11) is 0. The average molecular weight is 330 g/mol. The molecule has 2 rings (SSSR count). The van der Waals surface area contributed by atoms with Crippen molar-refractivity contribution in [3.63, 3.8) is 0 Å². The summed E-state index contributed by atoms with van der Waals surface area (Å²) in [6.07, 6.45) is 0.822. The Balaban J connectivity index is 2.26. The van der Waals surface area contributed by atoms with Gasteiger partial charge < -0.3 is 0 Å². The number of halogens is 2. The van der Waals surface area contributed by atoms with Crippen molar-refractivity contribution < 1.29 is 0 Å². The summed E-state index contributed by atoms with van der Waals surface area (Å²) in [6, 6.07) is 9.64. The van der Waals surface area contributed by atoms with Crippen molar-refractivity contribution in [3.8, 4) is 0 Å². The molecular formula is C12H10BrClN2S. The molecule has 0 spiro atoms. The van der Waals surface area contributed by atoms with Gasteiger partial charge >= 0.3 is 0 Å². The van der Waals surface area contributed by atoms with Gasteiger partial charge in [0.05, 0.1) is 0 Å². The second kappa shape index (κ2) is 5.85.